The summed E-state index contributed by atoms with van der Waals surface area (Å²) in [6.07, 6.45) is 0. The van der Waals surface area contributed by atoms with Crippen molar-refractivity contribution in [3.63, 3.8) is 0 Å². The van der Waals surface area contributed by atoms with Crippen molar-refractivity contribution in [2.24, 2.45) is 5.73 Å². The summed E-state index contributed by atoms with van der Waals surface area (Å²) in [5.41, 5.74) is 6.11. The second-order valence-electron chi connectivity index (χ2n) is 4.12. The molecule has 0 spiro atoms. The van der Waals surface area contributed by atoms with E-state index in [4.69, 9.17) is 10.5 Å². The Morgan fingerprint density at radius 2 is 1.85 bits per heavy atom. The molecule has 2 amide bonds. The normalized spacial score (nSPS) is 11.8. The molecule has 0 aliphatic heterocycles. The Bertz CT molecular complexity index is 451. The molecule has 0 radical (unpaired) electrons. The fourth-order valence-corrected chi connectivity index (χ4v) is 1.72. The van der Waals surface area contributed by atoms with Crippen LogP contribution in [0.2, 0.25) is 0 Å². The zero-order valence-corrected chi connectivity index (χ0v) is 12.8. The number of carbonyl (C=O) groups is 2. The molecule has 1 aromatic rings. The van der Waals surface area contributed by atoms with E-state index in [0.29, 0.717) is 18.7 Å². The Morgan fingerprint density at radius 3 is 2.45 bits per heavy atom. The van der Waals surface area contributed by atoms with Crippen LogP contribution in [-0.2, 0) is 9.53 Å². The highest BCUT2D eigenvalue weighted by Gasteiger charge is 2.12. The summed E-state index contributed by atoms with van der Waals surface area (Å²) in [4.78, 5) is 23.2. The summed E-state index contributed by atoms with van der Waals surface area (Å²) in [6.45, 7) is 0.815. The minimum absolute atomic E-state index is 0.164. The van der Waals surface area contributed by atoms with Crippen LogP contribution in [0.5, 0.6) is 0 Å². The van der Waals surface area contributed by atoms with Gasteiger partial charge in [0.05, 0.1) is 6.61 Å². The Labute approximate surface area is 126 Å². The number of nitrogens with one attached hydrogen (secondary N) is 2. The molecule has 110 valence electrons. The van der Waals surface area contributed by atoms with Crippen LogP contribution < -0.4 is 16.4 Å². The predicted octanol–water partition coefficient (Wildman–Crippen LogP) is 0.269. The molecule has 6 nitrogen and oxygen atoms in total. The van der Waals surface area contributed by atoms with E-state index in [1.54, 1.807) is 24.3 Å². The zero-order chi connectivity index (χ0) is 15.0. The molecule has 0 saturated heterocycles. The third kappa shape index (κ3) is 5.68. The minimum atomic E-state index is -0.692. The van der Waals surface area contributed by atoms with Gasteiger partial charge in [-0.15, -0.1) is 0 Å². The quantitative estimate of drug-likeness (QED) is 0.619. The summed E-state index contributed by atoms with van der Waals surface area (Å²) in [5.74, 6) is -0.488. The van der Waals surface area contributed by atoms with Crippen molar-refractivity contribution < 1.29 is 14.3 Å². The summed E-state index contributed by atoms with van der Waals surface area (Å²) >= 11 is 3.30. The first-order valence-electron chi connectivity index (χ1n) is 6.10. The number of amides is 2. The van der Waals surface area contributed by atoms with Gasteiger partial charge in [-0.25, -0.2) is 0 Å². The Balaban J connectivity index is 2.25. The number of carbonyl (C=O) groups excluding carboxylic acids is 2. The SMILES string of the molecule is COCC(N)C(=O)NCCNC(=O)c1ccc(Br)cc1. The van der Waals surface area contributed by atoms with Crippen LogP contribution in [-0.4, -0.2) is 44.7 Å². The monoisotopic (exact) mass is 343 g/mol. The van der Waals surface area contributed by atoms with Gasteiger partial charge in [-0.3, -0.25) is 9.59 Å². The lowest BCUT2D eigenvalue weighted by molar-refractivity contribution is -0.123. The van der Waals surface area contributed by atoms with Gasteiger partial charge in [0, 0.05) is 30.2 Å². The van der Waals surface area contributed by atoms with Crippen LogP contribution in [0, 0.1) is 0 Å². The largest absolute Gasteiger partial charge is 0.383 e. The van der Waals surface area contributed by atoms with E-state index in [-0.39, 0.29) is 18.4 Å². The van der Waals surface area contributed by atoms with Gasteiger partial charge >= 0.3 is 0 Å². The number of halogens is 1. The Morgan fingerprint density at radius 1 is 1.25 bits per heavy atom. The topological polar surface area (TPSA) is 93.4 Å². The zero-order valence-electron chi connectivity index (χ0n) is 11.2. The molecule has 0 aliphatic carbocycles. The van der Waals surface area contributed by atoms with Crippen LogP contribution in [0.3, 0.4) is 0 Å². The van der Waals surface area contributed by atoms with Gasteiger partial charge in [0.25, 0.3) is 5.91 Å². The summed E-state index contributed by atoms with van der Waals surface area (Å²) in [7, 11) is 1.48. The van der Waals surface area contributed by atoms with E-state index in [9.17, 15) is 9.59 Å². The first-order chi connectivity index (χ1) is 9.54. The van der Waals surface area contributed by atoms with Gasteiger partial charge in [0.1, 0.15) is 6.04 Å². The molecule has 1 rings (SSSR count). The van der Waals surface area contributed by atoms with Gasteiger partial charge in [-0.1, -0.05) is 15.9 Å². The van der Waals surface area contributed by atoms with Crippen LogP contribution in [0.15, 0.2) is 28.7 Å². The maximum Gasteiger partial charge on any atom is 0.251 e. The molecular weight excluding hydrogens is 326 g/mol. The molecule has 4 N–H and O–H groups in total. The summed E-state index contributed by atoms with van der Waals surface area (Å²) in [6, 6.07) is 6.32. The van der Waals surface area contributed by atoms with E-state index in [1.807, 2.05) is 0 Å². The fourth-order valence-electron chi connectivity index (χ4n) is 1.45. The maximum absolute atomic E-state index is 11.8. The lowest BCUT2D eigenvalue weighted by Crippen LogP contribution is -2.45. The van der Waals surface area contributed by atoms with Crippen LogP contribution >= 0.6 is 15.9 Å². The molecule has 0 bridgehead atoms. The van der Waals surface area contributed by atoms with Gasteiger partial charge in [-0.2, -0.15) is 0 Å². The van der Waals surface area contributed by atoms with Crippen molar-refractivity contribution in [1.29, 1.82) is 0 Å². The third-order valence-electron chi connectivity index (χ3n) is 2.50. The molecule has 7 heteroatoms. The summed E-state index contributed by atoms with van der Waals surface area (Å²) in [5, 5.41) is 5.32. The summed E-state index contributed by atoms with van der Waals surface area (Å²) < 4.78 is 5.69. The van der Waals surface area contributed by atoms with Gasteiger partial charge in [0.2, 0.25) is 5.91 Å². The number of nitrogens with two attached hydrogens (primary N) is 1. The van der Waals surface area contributed by atoms with Crippen LogP contribution in [0.1, 0.15) is 10.4 Å². The minimum Gasteiger partial charge on any atom is -0.383 e. The lowest BCUT2D eigenvalue weighted by atomic mass is 10.2. The van der Waals surface area contributed by atoms with Crippen LogP contribution in [0.4, 0.5) is 0 Å². The highest BCUT2D eigenvalue weighted by molar-refractivity contribution is 9.10. The highest BCUT2D eigenvalue weighted by Crippen LogP contribution is 2.10. The average molecular weight is 344 g/mol. The molecule has 1 unspecified atom stereocenters. The van der Waals surface area contributed by atoms with Crippen molar-refractivity contribution in [3.05, 3.63) is 34.3 Å². The fraction of sp³-hybridized carbons (Fsp3) is 0.385. The maximum atomic E-state index is 11.8. The van der Waals surface area contributed by atoms with E-state index < -0.39 is 6.04 Å². The number of ether oxygens (including phenoxy) is 1. The van der Waals surface area contributed by atoms with Gasteiger partial charge < -0.3 is 21.1 Å². The molecule has 0 fully saturated rings. The number of rotatable bonds is 7. The van der Waals surface area contributed by atoms with Crippen molar-refractivity contribution in [2.75, 3.05) is 26.8 Å². The van der Waals surface area contributed by atoms with Gasteiger partial charge in [0.15, 0.2) is 0 Å². The van der Waals surface area contributed by atoms with E-state index in [0.717, 1.165) is 4.47 Å². The van der Waals surface area contributed by atoms with E-state index in [1.165, 1.54) is 7.11 Å². The highest BCUT2D eigenvalue weighted by atomic mass is 79.9. The molecule has 0 saturated carbocycles. The molecule has 0 aliphatic rings. The molecule has 20 heavy (non-hydrogen) atoms. The molecule has 0 aromatic heterocycles. The molecular formula is C13H18BrN3O3. The van der Waals surface area contributed by atoms with Gasteiger partial charge in [-0.05, 0) is 24.3 Å². The Hall–Kier alpha value is -1.44. The van der Waals surface area contributed by atoms with Crippen molar-refractivity contribution in [3.8, 4) is 0 Å². The predicted molar refractivity (Wildman–Crippen MR) is 79.3 cm³/mol. The number of benzene rings is 1. The van der Waals surface area contributed by atoms with Crippen molar-refractivity contribution in [1.82, 2.24) is 10.6 Å². The standard InChI is InChI=1S/C13H18BrN3O3/c1-20-8-11(15)13(19)17-7-6-16-12(18)9-2-4-10(14)5-3-9/h2-5,11H,6-8,15H2,1H3,(H,16,18)(H,17,19). The first kappa shape index (κ1) is 16.6. The number of methoxy groups -OCH3 is 1. The smallest absolute Gasteiger partial charge is 0.251 e. The molecule has 0 heterocycles. The van der Waals surface area contributed by atoms with E-state index >= 15 is 0 Å². The van der Waals surface area contributed by atoms with Crippen molar-refractivity contribution >= 4 is 27.7 Å². The first-order valence-corrected chi connectivity index (χ1v) is 6.90. The second-order valence-corrected chi connectivity index (χ2v) is 5.03. The molecule has 1 aromatic carbocycles. The van der Waals surface area contributed by atoms with Crippen molar-refractivity contribution in [2.45, 2.75) is 6.04 Å². The third-order valence-corrected chi connectivity index (χ3v) is 3.03. The lowest BCUT2D eigenvalue weighted by Gasteiger charge is -2.11. The Kier molecular flexibility index (Phi) is 7.21. The van der Waals surface area contributed by atoms with Crippen LogP contribution in [0.25, 0.3) is 0 Å². The number of hydrogen-bond donors (Lipinski definition) is 3. The number of hydrogen-bond acceptors (Lipinski definition) is 4. The average Bonchev–Trinajstić information content (AvgIpc) is 2.44. The molecule has 1 atom stereocenters. The second kappa shape index (κ2) is 8.68. The van der Waals surface area contributed by atoms with E-state index in [2.05, 4.69) is 26.6 Å².